The summed E-state index contributed by atoms with van der Waals surface area (Å²) in [6.45, 7) is 0.806. The first-order valence-electron chi connectivity index (χ1n) is 6.60. The van der Waals surface area contributed by atoms with Gasteiger partial charge < -0.3 is 19.9 Å². The van der Waals surface area contributed by atoms with Gasteiger partial charge in [0.1, 0.15) is 12.4 Å². The van der Waals surface area contributed by atoms with Crippen molar-refractivity contribution in [3.8, 4) is 5.75 Å². The molecule has 1 aliphatic heterocycles. The lowest BCUT2D eigenvalue weighted by Gasteiger charge is -2.22. The Bertz CT molecular complexity index is 488. The Hall–Kier alpha value is -1.75. The SMILES string of the molecule is O=C1NCC(COc2ccc3c(c2)[C@H](O)CCC3)O1. The standard InChI is InChI=1S/C14H17NO4/c16-13-3-1-2-9-4-5-10(6-12(9)13)18-8-11-7-15-14(17)19-11/h4-6,11,13,16H,1-3,7-8H2,(H,15,17)/t11?,13-/m1/s1. The quantitative estimate of drug-likeness (QED) is 0.868. The van der Waals surface area contributed by atoms with Gasteiger partial charge in [0.05, 0.1) is 12.6 Å². The molecule has 1 amide bonds. The van der Waals surface area contributed by atoms with Gasteiger partial charge in [-0.25, -0.2) is 4.79 Å². The van der Waals surface area contributed by atoms with Crippen LogP contribution in [0.1, 0.15) is 30.1 Å². The van der Waals surface area contributed by atoms with Gasteiger partial charge in [0.2, 0.25) is 0 Å². The monoisotopic (exact) mass is 263 g/mol. The fourth-order valence-corrected chi connectivity index (χ4v) is 2.56. The van der Waals surface area contributed by atoms with E-state index in [1.807, 2.05) is 18.2 Å². The number of benzene rings is 1. The summed E-state index contributed by atoms with van der Waals surface area (Å²) in [5.41, 5.74) is 2.16. The number of fused-ring (bicyclic) bond motifs is 1. The second kappa shape index (κ2) is 5.09. The fraction of sp³-hybridized carbons (Fsp3) is 0.500. The third-order valence-electron chi connectivity index (χ3n) is 3.58. The molecule has 1 aromatic rings. The maximum absolute atomic E-state index is 10.9. The number of ether oxygens (including phenoxy) is 2. The summed E-state index contributed by atoms with van der Waals surface area (Å²) in [7, 11) is 0. The van der Waals surface area contributed by atoms with Crippen molar-refractivity contribution >= 4 is 6.09 Å². The Morgan fingerprint density at radius 1 is 1.47 bits per heavy atom. The summed E-state index contributed by atoms with van der Waals surface area (Å²) in [6.07, 6.45) is 1.82. The van der Waals surface area contributed by atoms with E-state index in [9.17, 15) is 9.90 Å². The lowest BCUT2D eigenvalue weighted by atomic mass is 9.89. The summed E-state index contributed by atoms with van der Waals surface area (Å²) in [5.74, 6) is 0.711. The molecule has 1 unspecified atom stereocenters. The first-order chi connectivity index (χ1) is 9.22. The molecule has 1 fully saturated rings. The van der Waals surface area contributed by atoms with E-state index in [1.165, 1.54) is 5.56 Å². The van der Waals surface area contributed by atoms with Crippen molar-refractivity contribution in [2.75, 3.05) is 13.2 Å². The molecule has 0 spiro atoms. The molecular formula is C14H17NO4. The predicted molar refractivity (Wildman–Crippen MR) is 68.1 cm³/mol. The minimum atomic E-state index is -0.394. The number of carbonyl (C=O) groups is 1. The van der Waals surface area contributed by atoms with Crippen LogP contribution < -0.4 is 10.1 Å². The van der Waals surface area contributed by atoms with Crippen LogP contribution in [-0.2, 0) is 11.2 Å². The van der Waals surface area contributed by atoms with Crippen molar-refractivity contribution in [1.82, 2.24) is 5.32 Å². The van der Waals surface area contributed by atoms with Gasteiger partial charge in [0.15, 0.2) is 6.10 Å². The molecule has 0 radical (unpaired) electrons. The molecule has 1 heterocycles. The lowest BCUT2D eigenvalue weighted by molar-refractivity contribution is 0.104. The van der Waals surface area contributed by atoms with Crippen molar-refractivity contribution in [2.45, 2.75) is 31.5 Å². The van der Waals surface area contributed by atoms with E-state index in [0.717, 1.165) is 24.8 Å². The van der Waals surface area contributed by atoms with Gasteiger partial charge in [0, 0.05) is 0 Å². The fourth-order valence-electron chi connectivity index (χ4n) is 2.56. The molecule has 102 valence electrons. The van der Waals surface area contributed by atoms with Crippen molar-refractivity contribution in [3.05, 3.63) is 29.3 Å². The Labute approximate surface area is 111 Å². The molecule has 5 nitrogen and oxygen atoms in total. The number of hydrogen-bond donors (Lipinski definition) is 2. The minimum Gasteiger partial charge on any atom is -0.490 e. The predicted octanol–water partition coefficient (Wildman–Crippen LogP) is 1.54. The zero-order valence-corrected chi connectivity index (χ0v) is 10.6. The van der Waals surface area contributed by atoms with Crippen LogP contribution in [0.15, 0.2) is 18.2 Å². The van der Waals surface area contributed by atoms with E-state index in [2.05, 4.69) is 5.32 Å². The van der Waals surface area contributed by atoms with Crippen molar-refractivity contribution in [3.63, 3.8) is 0 Å². The highest BCUT2D eigenvalue weighted by atomic mass is 16.6. The largest absolute Gasteiger partial charge is 0.490 e. The summed E-state index contributed by atoms with van der Waals surface area (Å²) in [6, 6.07) is 5.80. The number of nitrogens with one attached hydrogen (secondary N) is 1. The van der Waals surface area contributed by atoms with Crippen molar-refractivity contribution in [2.24, 2.45) is 0 Å². The molecule has 1 aliphatic carbocycles. The number of hydrogen-bond acceptors (Lipinski definition) is 4. The number of amides is 1. The maximum Gasteiger partial charge on any atom is 0.407 e. The highest BCUT2D eigenvalue weighted by Gasteiger charge is 2.23. The minimum absolute atomic E-state index is 0.242. The lowest BCUT2D eigenvalue weighted by Crippen LogP contribution is -2.22. The van der Waals surface area contributed by atoms with Gasteiger partial charge in [0.25, 0.3) is 0 Å². The van der Waals surface area contributed by atoms with Crippen LogP contribution in [0.5, 0.6) is 5.75 Å². The smallest absolute Gasteiger partial charge is 0.407 e. The molecule has 0 bridgehead atoms. The van der Waals surface area contributed by atoms with E-state index in [1.54, 1.807) is 0 Å². The average Bonchev–Trinajstić information content (AvgIpc) is 2.83. The molecule has 19 heavy (non-hydrogen) atoms. The molecule has 2 N–H and O–H groups in total. The number of rotatable bonds is 3. The molecule has 2 aliphatic rings. The number of aryl methyl sites for hydroxylation is 1. The van der Waals surface area contributed by atoms with Crippen LogP contribution in [0.4, 0.5) is 4.79 Å². The molecule has 0 saturated carbocycles. The molecule has 2 atom stereocenters. The molecular weight excluding hydrogens is 246 g/mol. The third kappa shape index (κ3) is 2.66. The third-order valence-corrected chi connectivity index (χ3v) is 3.58. The van der Waals surface area contributed by atoms with Crippen LogP contribution in [0.3, 0.4) is 0 Å². The van der Waals surface area contributed by atoms with Crippen molar-refractivity contribution < 1.29 is 19.4 Å². The second-order valence-corrected chi connectivity index (χ2v) is 4.99. The Morgan fingerprint density at radius 3 is 3.16 bits per heavy atom. The molecule has 0 aromatic heterocycles. The van der Waals surface area contributed by atoms with Crippen LogP contribution in [-0.4, -0.2) is 30.5 Å². The van der Waals surface area contributed by atoms with E-state index < -0.39 is 12.2 Å². The number of carbonyl (C=O) groups excluding carboxylic acids is 1. The number of aliphatic hydroxyl groups is 1. The molecule has 1 aromatic carbocycles. The highest BCUT2D eigenvalue weighted by Crippen LogP contribution is 2.32. The maximum atomic E-state index is 10.9. The van der Waals surface area contributed by atoms with Gasteiger partial charge in [-0.15, -0.1) is 0 Å². The molecule has 1 saturated heterocycles. The highest BCUT2D eigenvalue weighted by molar-refractivity contribution is 5.69. The summed E-state index contributed by atoms with van der Waals surface area (Å²) < 4.78 is 10.6. The number of alkyl carbamates (subject to hydrolysis) is 1. The number of cyclic esters (lactones) is 1. The van der Waals surface area contributed by atoms with Crippen molar-refractivity contribution in [1.29, 1.82) is 0 Å². The van der Waals surface area contributed by atoms with Gasteiger partial charge >= 0.3 is 6.09 Å². The van der Waals surface area contributed by atoms with Gasteiger partial charge in [-0.3, -0.25) is 0 Å². The van der Waals surface area contributed by atoms with Crippen LogP contribution in [0.25, 0.3) is 0 Å². The Morgan fingerprint density at radius 2 is 2.37 bits per heavy atom. The zero-order chi connectivity index (χ0) is 13.2. The first kappa shape index (κ1) is 12.3. The normalized spacial score (nSPS) is 25.4. The summed E-state index contributed by atoms with van der Waals surface area (Å²) >= 11 is 0. The van der Waals surface area contributed by atoms with Crippen LogP contribution >= 0.6 is 0 Å². The topological polar surface area (TPSA) is 67.8 Å². The van der Waals surface area contributed by atoms with Gasteiger partial charge in [-0.1, -0.05) is 6.07 Å². The van der Waals surface area contributed by atoms with E-state index >= 15 is 0 Å². The Kier molecular flexibility index (Phi) is 3.29. The van der Waals surface area contributed by atoms with E-state index in [-0.39, 0.29) is 6.10 Å². The summed E-state index contributed by atoms with van der Waals surface area (Å²) in [4.78, 5) is 10.9. The average molecular weight is 263 g/mol. The Balaban J connectivity index is 1.65. The molecule has 5 heteroatoms. The second-order valence-electron chi connectivity index (χ2n) is 4.99. The van der Waals surface area contributed by atoms with Gasteiger partial charge in [-0.2, -0.15) is 0 Å². The molecule has 3 rings (SSSR count). The van der Waals surface area contributed by atoms with E-state index in [4.69, 9.17) is 9.47 Å². The first-order valence-corrected chi connectivity index (χ1v) is 6.60. The van der Waals surface area contributed by atoms with E-state index in [0.29, 0.717) is 18.9 Å². The zero-order valence-electron chi connectivity index (χ0n) is 10.6. The van der Waals surface area contributed by atoms with Crippen LogP contribution in [0.2, 0.25) is 0 Å². The van der Waals surface area contributed by atoms with Gasteiger partial charge in [-0.05, 0) is 42.5 Å². The summed E-state index contributed by atoms with van der Waals surface area (Å²) in [5, 5.41) is 12.5. The van der Waals surface area contributed by atoms with Crippen LogP contribution in [0, 0.1) is 0 Å². The number of aliphatic hydroxyl groups excluding tert-OH is 1.